The van der Waals surface area contributed by atoms with Crippen LogP contribution in [0.15, 0.2) is 42.5 Å². The second-order valence-corrected chi connectivity index (χ2v) is 16.5. The van der Waals surface area contributed by atoms with E-state index in [0.717, 1.165) is 17.7 Å². The maximum atomic E-state index is 13.0. The number of ether oxygens (including phenoxy) is 3. The van der Waals surface area contributed by atoms with Gasteiger partial charge in [0.25, 0.3) is 0 Å². The number of nitrogens with zero attached hydrogens (tertiary/aromatic N) is 2. The molecule has 1 aromatic heterocycles. The zero-order valence-corrected chi connectivity index (χ0v) is 24.8. The smallest absolute Gasteiger partial charge is 0.420 e. The van der Waals surface area contributed by atoms with Gasteiger partial charge in [0, 0.05) is 6.07 Å². The lowest BCUT2D eigenvalue weighted by Gasteiger charge is -2.36. The molecule has 0 N–H and O–H groups in total. The summed E-state index contributed by atoms with van der Waals surface area (Å²) < 4.78 is 25.1. The van der Waals surface area contributed by atoms with Crippen LogP contribution in [0.25, 0.3) is 11.0 Å². The molecular formula is C29H42N2O5Si. The van der Waals surface area contributed by atoms with E-state index in [1.807, 2.05) is 58.0 Å². The van der Waals surface area contributed by atoms with Crippen molar-refractivity contribution in [3.05, 3.63) is 53.9 Å². The van der Waals surface area contributed by atoms with Crippen LogP contribution in [0.5, 0.6) is 11.5 Å². The van der Waals surface area contributed by atoms with Crippen molar-refractivity contribution < 1.29 is 23.4 Å². The van der Waals surface area contributed by atoms with Crippen LogP contribution < -0.4 is 9.16 Å². The fourth-order valence-electron chi connectivity index (χ4n) is 3.50. The van der Waals surface area contributed by atoms with Crippen molar-refractivity contribution in [3.8, 4) is 11.5 Å². The minimum atomic E-state index is -1.86. The Morgan fingerprint density at radius 3 is 2.22 bits per heavy atom. The Balaban J connectivity index is 1.67. The van der Waals surface area contributed by atoms with E-state index in [1.54, 1.807) is 0 Å². The largest absolute Gasteiger partial charge is 0.544 e. The van der Waals surface area contributed by atoms with Crippen LogP contribution in [-0.2, 0) is 22.5 Å². The number of hydrogen-bond donors (Lipinski definition) is 0. The van der Waals surface area contributed by atoms with Gasteiger partial charge in [-0.05, 0) is 82.1 Å². The average molecular weight is 527 g/mol. The van der Waals surface area contributed by atoms with Gasteiger partial charge in [-0.2, -0.15) is 0 Å². The molecule has 0 radical (unpaired) electrons. The molecule has 0 unspecified atom stereocenters. The SMILES string of the molecule is CCOc1ccc2c(c1)nc(COCCc1ccc(O[Si](C)(C)C(C)(C)C)cc1)n2C(=O)OC(C)(C)C. The Morgan fingerprint density at radius 1 is 0.973 bits per heavy atom. The maximum Gasteiger partial charge on any atom is 0.420 e. The minimum absolute atomic E-state index is 0.153. The summed E-state index contributed by atoms with van der Waals surface area (Å²) in [6, 6.07) is 13.7. The van der Waals surface area contributed by atoms with Crippen LogP contribution in [0, 0.1) is 0 Å². The molecule has 0 atom stereocenters. The Morgan fingerprint density at radius 2 is 1.62 bits per heavy atom. The molecule has 8 heteroatoms. The van der Waals surface area contributed by atoms with Gasteiger partial charge in [-0.3, -0.25) is 0 Å². The highest BCUT2D eigenvalue weighted by molar-refractivity contribution is 6.74. The van der Waals surface area contributed by atoms with E-state index < -0.39 is 20.0 Å². The van der Waals surface area contributed by atoms with Gasteiger partial charge in [0.15, 0.2) is 0 Å². The predicted molar refractivity (Wildman–Crippen MR) is 150 cm³/mol. The molecule has 7 nitrogen and oxygen atoms in total. The Kier molecular flexibility index (Phi) is 8.75. The standard InChI is InChI=1S/C29H42N2O5Si/c1-10-34-23-15-16-25-24(19-23)30-26(31(25)27(32)35-28(2,3)4)20-33-18-17-21-11-13-22(14-12-21)36-37(8,9)29(5,6)7/h11-16,19H,10,17-18,20H2,1-9H3. The highest BCUT2D eigenvalue weighted by Gasteiger charge is 2.38. The molecule has 0 aliphatic carbocycles. The second kappa shape index (κ2) is 11.3. The van der Waals surface area contributed by atoms with Crippen molar-refractivity contribution in [1.29, 1.82) is 0 Å². The molecule has 0 saturated carbocycles. The molecule has 0 aliphatic heterocycles. The third-order valence-electron chi connectivity index (χ3n) is 6.45. The molecule has 2 aromatic carbocycles. The lowest BCUT2D eigenvalue weighted by Crippen LogP contribution is -2.43. The number of fused-ring (bicyclic) bond motifs is 1. The molecule has 3 aromatic rings. The van der Waals surface area contributed by atoms with Crippen LogP contribution in [0.1, 0.15) is 59.9 Å². The van der Waals surface area contributed by atoms with E-state index >= 15 is 0 Å². The molecule has 0 fully saturated rings. The van der Waals surface area contributed by atoms with Gasteiger partial charge in [-0.15, -0.1) is 0 Å². The normalized spacial score (nSPS) is 12.6. The van der Waals surface area contributed by atoms with E-state index in [4.69, 9.17) is 18.6 Å². The van der Waals surface area contributed by atoms with Crippen LogP contribution in [-0.4, -0.2) is 42.8 Å². The van der Waals surface area contributed by atoms with E-state index in [9.17, 15) is 4.79 Å². The van der Waals surface area contributed by atoms with Crippen molar-refractivity contribution in [2.45, 2.75) is 85.2 Å². The van der Waals surface area contributed by atoms with Crippen molar-refractivity contribution in [2.75, 3.05) is 13.2 Å². The summed E-state index contributed by atoms with van der Waals surface area (Å²) >= 11 is 0. The van der Waals surface area contributed by atoms with Crippen LogP contribution in [0.3, 0.4) is 0 Å². The fourth-order valence-corrected chi connectivity index (χ4v) is 4.53. The highest BCUT2D eigenvalue weighted by atomic mass is 28.4. The molecule has 37 heavy (non-hydrogen) atoms. The molecule has 0 amide bonds. The highest BCUT2D eigenvalue weighted by Crippen LogP contribution is 2.37. The average Bonchev–Trinajstić information content (AvgIpc) is 3.13. The minimum Gasteiger partial charge on any atom is -0.544 e. The van der Waals surface area contributed by atoms with Gasteiger partial charge in [0.2, 0.25) is 8.32 Å². The van der Waals surface area contributed by atoms with Crippen LogP contribution >= 0.6 is 0 Å². The first-order valence-corrected chi connectivity index (χ1v) is 15.8. The van der Waals surface area contributed by atoms with E-state index in [2.05, 4.69) is 51.0 Å². The second-order valence-electron chi connectivity index (χ2n) is 11.7. The van der Waals surface area contributed by atoms with Crippen molar-refractivity contribution in [2.24, 2.45) is 0 Å². The van der Waals surface area contributed by atoms with Gasteiger partial charge in [-0.25, -0.2) is 14.3 Å². The summed E-state index contributed by atoms with van der Waals surface area (Å²) in [6.45, 7) is 19.9. The predicted octanol–water partition coefficient (Wildman–Crippen LogP) is 7.36. The number of hydrogen-bond acceptors (Lipinski definition) is 6. The number of imidazole rings is 1. The Hall–Kier alpha value is -2.84. The van der Waals surface area contributed by atoms with Gasteiger partial charge < -0.3 is 18.6 Å². The molecule has 0 spiro atoms. The fraction of sp³-hybridized carbons (Fsp3) is 0.517. The van der Waals surface area contributed by atoms with E-state index in [-0.39, 0.29) is 11.6 Å². The third kappa shape index (κ3) is 7.58. The maximum absolute atomic E-state index is 13.0. The number of carbonyl (C=O) groups is 1. The zero-order valence-electron chi connectivity index (χ0n) is 23.8. The molecule has 0 bridgehead atoms. The van der Waals surface area contributed by atoms with Crippen molar-refractivity contribution in [3.63, 3.8) is 0 Å². The number of aromatic nitrogens is 2. The van der Waals surface area contributed by atoms with Gasteiger partial charge in [0.05, 0.1) is 24.2 Å². The number of rotatable bonds is 9. The van der Waals surface area contributed by atoms with E-state index in [0.29, 0.717) is 35.8 Å². The number of carbonyl (C=O) groups excluding carboxylic acids is 1. The van der Waals surface area contributed by atoms with Gasteiger partial charge >= 0.3 is 6.09 Å². The first-order valence-electron chi connectivity index (χ1n) is 12.9. The lowest BCUT2D eigenvalue weighted by molar-refractivity contribution is 0.0516. The number of benzene rings is 2. The molecule has 202 valence electrons. The van der Waals surface area contributed by atoms with Gasteiger partial charge in [-0.1, -0.05) is 32.9 Å². The summed E-state index contributed by atoms with van der Waals surface area (Å²) in [7, 11) is -1.86. The third-order valence-corrected chi connectivity index (χ3v) is 10.8. The summed E-state index contributed by atoms with van der Waals surface area (Å²) in [5, 5.41) is 0.153. The first-order chi connectivity index (χ1) is 17.2. The zero-order chi connectivity index (χ0) is 27.4. The molecule has 3 rings (SSSR count). The Bertz CT molecular complexity index is 1200. The van der Waals surface area contributed by atoms with E-state index in [1.165, 1.54) is 4.57 Å². The topological polar surface area (TPSA) is 71.8 Å². The summed E-state index contributed by atoms with van der Waals surface area (Å²) in [6.07, 6.45) is 0.261. The monoisotopic (exact) mass is 526 g/mol. The Labute approximate surface area is 222 Å². The summed E-state index contributed by atoms with van der Waals surface area (Å²) in [5.41, 5.74) is 1.85. The first kappa shape index (κ1) is 28.7. The quantitative estimate of drug-likeness (QED) is 0.214. The van der Waals surface area contributed by atoms with Crippen molar-refractivity contribution >= 4 is 25.4 Å². The molecule has 0 aliphatic rings. The molecule has 1 heterocycles. The lowest BCUT2D eigenvalue weighted by atomic mass is 10.1. The van der Waals surface area contributed by atoms with Crippen LogP contribution in [0.2, 0.25) is 18.1 Å². The van der Waals surface area contributed by atoms with Gasteiger partial charge in [0.1, 0.15) is 29.5 Å². The van der Waals surface area contributed by atoms with Crippen molar-refractivity contribution in [1.82, 2.24) is 9.55 Å². The summed E-state index contributed by atoms with van der Waals surface area (Å²) in [4.78, 5) is 17.7. The molecule has 0 saturated heterocycles. The van der Waals surface area contributed by atoms with Crippen LogP contribution in [0.4, 0.5) is 4.79 Å². The molecular weight excluding hydrogens is 484 g/mol. The summed E-state index contributed by atoms with van der Waals surface area (Å²) in [5.74, 6) is 2.11.